The van der Waals surface area contributed by atoms with Crippen LogP contribution in [0.1, 0.15) is 15.9 Å². The van der Waals surface area contributed by atoms with Crippen LogP contribution in [0.4, 0.5) is 5.69 Å². The molecule has 1 fully saturated rings. The number of morpholine rings is 1. The van der Waals surface area contributed by atoms with Gasteiger partial charge in [0.25, 0.3) is 5.91 Å². The third kappa shape index (κ3) is 4.69. The highest BCUT2D eigenvalue weighted by Crippen LogP contribution is 2.20. The maximum absolute atomic E-state index is 12.6. The van der Waals surface area contributed by atoms with E-state index in [4.69, 9.17) is 4.74 Å². The molecule has 26 heavy (non-hydrogen) atoms. The van der Waals surface area contributed by atoms with Gasteiger partial charge < -0.3 is 10.1 Å². The van der Waals surface area contributed by atoms with Gasteiger partial charge in [-0.15, -0.1) is 0 Å². The molecule has 7 heteroatoms. The number of benzene rings is 2. The van der Waals surface area contributed by atoms with E-state index in [0.717, 1.165) is 37.1 Å². The number of amides is 1. The number of para-hydroxylation sites is 1. The molecule has 1 N–H and O–H groups in total. The molecule has 0 saturated carbocycles. The molecule has 0 atom stereocenters. The summed E-state index contributed by atoms with van der Waals surface area (Å²) in [5, 5.41) is 2.90. The maximum atomic E-state index is 12.6. The van der Waals surface area contributed by atoms with E-state index < -0.39 is 9.84 Å². The van der Waals surface area contributed by atoms with Crippen LogP contribution in [0.2, 0.25) is 0 Å². The van der Waals surface area contributed by atoms with E-state index in [9.17, 15) is 13.2 Å². The summed E-state index contributed by atoms with van der Waals surface area (Å²) in [6, 6.07) is 13.7. The molecule has 6 nitrogen and oxygen atoms in total. The molecule has 0 bridgehead atoms. The fourth-order valence-corrected chi connectivity index (χ4v) is 3.51. The SMILES string of the molecule is CS(=O)(=O)c1cccc(C(=O)Nc2ccccc2CN2CCOCC2)c1. The number of anilines is 1. The summed E-state index contributed by atoms with van der Waals surface area (Å²) < 4.78 is 28.8. The van der Waals surface area contributed by atoms with Gasteiger partial charge in [0, 0.05) is 37.1 Å². The van der Waals surface area contributed by atoms with Crippen molar-refractivity contribution in [2.75, 3.05) is 37.9 Å². The van der Waals surface area contributed by atoms with Gasteiger partial charge in [-0.1, -0.05) is 24.3 Å². The molecule has 1 heterocycles. The van der Waals surface area contributed by atoms with Crippen LogP contribution in [0.5, 0.6) is 0 Å². The number of carbonyl (C=O) groups excluding carboxylic acids is 1. The Balaban J connectivity index is 1.77. The summed E-state index contributed by atoms with van der Waals surface area (Å²) in [7, 11) is -3.36. The van der Waals surface area contributed by atoms with Gasteiger partial charge in [0.05, 0.1) is 18.1 Å². The van der Waals surface area contributed by atoms with Crippen LogP contribution >= 0.6 is 0 Å². The summed E-state index contributed by atoms with van der Waals surface area (Å²) in [6.45, 7) is 3.88. The van der Waals surface area contributed by atoms with Gasteiger partial charge in [0.2, 0.25) is 0 Å². The second-order valence-corrected chi connectivity index (χ2v) is 8.32. The van der Waals surface area contributed by atoms with Crippen LogP contribution in [0.15, 0.2) is 53.4 Å². The third-order valence-corrected chi connectivity index (χ3v) is 5.40. The third-order valence-electron chi connectivity index (χ3n) is 4.29. The average molecular weight is 374 g/mol. The highest BCUT2D eigenvalue weighted by Gasteiger charge is 2.15. The molecule has 1 amide bonds. The van der Waals surface area contributed by atoms with E-state index in [1.54, 1.807) is 12.1 Å². The summed E-state index contributed by atoms with van der Waals surface area (Å²) >= 11 is 0. The Morgan fingerprint density at radius 3 is 2.58 bits per heavy atom. The first-order chi connectivity index (χ1) is 12.4. The average Bonchev–Trinajstić information content (AvgIpc) is 2.63. The molecular weight excluding hydrogens is 352 g/mol. The Bertz CT molecular complexity index is 890. The van der Waals surface area contributed by atoms with E-state index in [2.05, 4.69) is 10.2 Å². The number of nitrogens with one attached hydrogen (secondary N) is 1. The molecule has 0 unspecified atom stereocenters. The molecule has 1 aliphatic heterocycles. The van der Waals surface area contributed by atoms with Crippen molar-refractivity contribution >= 4 is 21.4 Å². The monoisotopic (exact) mass is 374 g/mol. The van der Waals surface area contributed by atoms with Gasteiger partial charge in [-0.3, -0.25) is 9.69 Å². The van der Waals surface area contributed by atoms with E-state index in [1.165, 1.54) is 12.1 Å². The molecule has 0 spiro atoms. The van der Waals surface area contributed by atoms with Gasteiger partial charge in [-0.25, -0.2) is 8.42 Å². The lowest BCUT2D eigenvalue weighted by Crippen LogP contribution is -2.35. The minimum absolute atomic E-state index is 0.131. The van der Waals surface area contributed by atoms with Crippen LogP contribution in [-0.2, 0) is 21.1 Å². The number of hydrogen-bond donors (Lipinski definition) is 1. The molecule has 0 aliphatic carbocycles. The van der Waals surface area contributed by atoms with Crippen molar-refractivity contribution < 1.29 is 17.9 Å². The second kappa shape index (κ2) is 7.99. The van der Waals surface area contributed by atoms with Gasteiger partial charge in [0.1, 0.15) is 0 Å². The van der Waals surface area contributed by atoms with Gasteiger partial charge in [0.15, 0.2) is 9.84 Å². The zero-order valence-electron chi connectivity index (χ0n) is 14.6. The fourth-order valence-electron chi connectivity index (χ4n) is 2.84. The molecule has 1 aliphatic rings. The summed E-state index contributed by atoms with van der Waals surface area (Å²) in [5.41, 5.74) is 2.06. The number of carbonyl (C=O) groups is 1. The molecule has 1 saturated heterocycles. The van der Waals surface area contributed by atoms with Crippen molar-refractivity contribution in [3.05, 3.63) is 59.7 Å². The number of nitrogens with zero attached hydrogens (tertiary/aromatic N) is 1. The first-order valence-electron chi connectivity index (χ1n) is 8.43. The normalized spacial score (nSPS) is 15.6. The Morgan fingerprint density at radius 1 is 1.12 bits per heavy atom. The predicted molar refractivity (Wildman–Crippen MR) is 100 cm³/mol. The lowest BCUT2D eigenvalue weighted by molar-refractivity contribution is 0.0342. The number of hydrogen-bond acceptors (Lipinski definition) is 5. The summed E-state index contributed by atoms with van der Waals surface area (Å²) in [4.78, 5) is 15.0. The first-order valence-corrected chi connectivity index (χ1v) is 10.3. The lowest BCUT2D eigenvalue weighted by atomic mass is 10.1. The Morgan fingerprint density at radius 2 is 1.85 bits per heavy atom. The van der Waals surface area contributed by atoms with E-state index in [-0.39, 0.29) is 10.8 Å². The number of rotatable bonds is 5. The predicted octanol–water partition coefficient (Wildman–Crippen LogP) is 2.17. The minimum Gasteiger partial charge on any atom is -0.379 e. The molecule has 0 radical (unpaired) electrons. The topological polar surface area (TPSA) is 75.7 Å². The molecule has 3 rings (SSSR count). The van der Waals surface area contributed by atoms with Crippen molar-refractivity contribution in [2.24, 2.45) is 0 Å². The zero-order valence-corrected chi connectivity index (χ0v) is 15.5. The molecule has 2 aromatic rings. The Hall–Kier alpha value is -2.22. The van der Waals surface area contributed by atoms with Crippen LogP contribution < -0.4 is 5.32 Å². The Kier molecular flexibility index (Phi) is 5.70. The highest BCUT2D eigenvalue weighted by molar-refractivity contribution is 7.90. The van der Waals surface area contributed by atoms with Crippen LogP contribution in [-0.4, -0.2) is 51.8 Å². The van der Waals surface area contributed by atoms with Crippen LogP contribution in [0.25, 0.3) is 0 Å². The van der Waals surface area contributed by atoms with Crippen molar-refractivity contribution in [3.8, 4) is 0 Å². The van der Waals surface area contributed by atoms with E-state index >= 15 is 0 Å². The quantitative estimate of drug-likeness (QED) is 0.868. The van der Waals surface area contributed by atoms with Crippen molar-refractivity contribution in [2.45, 2.75) is 11.4 Å². The maximum Gasteiger partial charge on any atom is 0.255 e. The summed E-state index contributed by atoms with van der Waals surface area (Å²) in [5.74, 6) is -0.329. The Labute approximate surface area is 153 Å². The van der Waals surface area contributed by atoms with Crippen LogP contribution in [0.3, 0.4) is 0 Å². The second-order valence-electron chi connectivity index (χ2n) is 6.30. The van der Waals surface area contributed by atoms with Gasteiger partial charge >= 0.3 is 0 Å². The largest absolute Gasteiger partial charge is 0.379 e. The van der Waals surface area contributed by atoms with Gasteiger partial charge in [-0.05, 0) is 29.8 Å². The molecule has 2 aromatic carbocycles. The minimum atomic E-state index is -3.36. The zero-order chi connectivity index (χ0) is 18.6. The first kappa shape index (κ1) is 18.6. The van der Waals surface area contributed by atoms with Crippen molar-refractivity contribution in [3.63, 3.8) is 0 Å². The molecular formula is C19H22N2O4S. The van der Waals surface area contributed by atoms with Crippen molar-refractivity contribution in [1.29, 1.82) is 0 Å². The summed E-state index contributed by atoms with van der Waals surface area (Å²) in [6.07, 6.45) is 1.13. The van der Waals surface area contributed by atoms with E-state index in [1.807, 2.05) is 24.3 Å². The molecule has 0 aromatic heterocycles. The van der Waals surface area contributed by atoms with E-state index in [0.29, 0.717) is 18.8 Å². The van der Waals surface area contributed by atoms with Crippen molar-refractivity contribution in [1.82, 2.24) is 4.90 Å². The van der Waals surface area contributed by atoms with Gasteiger partial charge in [-0.2, -0.15) is 0 Å². The molecule has 138 valence electrons. The standard InChI is InChI=1S/C19H22N2O4S/c1-26(23,24)17-7-4-6-15(13-17)19(22)20-18-8-3-2-5-16(18)14-21-9-11-25-12-10-21/h2-8,13H,9-12,14H2,1H3,(H,20,22). The fraction of sp³-hybridized carbons (Fsp3) is 0.316. The lowest BCUT2D eigenvalue weighted by Gasteiger charge is -2.27. The smallest absolute Gasteiger partial charge is 0.255 e. The van der Waals surface area contributed by atoms with Crippen LogP contribution in [0, 0.1) is 0 Å². The number of ether oxygens (including phenoxy) is 1. The highest BCUT2D eigenvalue weighted by atomic mass is 32.2. The number of sulfone groups is 1.